The van der Waals surface area contributed by atoms with Crippen LogP contribution in [-0.4, -0.2) is 23.4 Å². The summed E-state index contributed by atoms with van der Waals surface area (Å²) >= 11 is 1.47. The minimum absolute atomic E-state index is 0.191. The van der Waals surface area contributed by atoms with Crippen molar-refractivity contribution in [3.63, 3.8) is 0 Å². The number of rotatable bonds is 5. The monoisotopic (exact) mass is 451 g/mol. The molecule has 1 aromatic carbocycles. The highest BCUT2D eigenvalue weighted by Crippen LogP contribution is 2.38. The van der Waals surface area contributed by atoms with Gasteiger partial charge in [0.1, 0.15) is 16.5 Å². The first-order valence-corrected chi connectivity index (χ1v) is 11.4. The number of thiophene rings is 1. The molecule has 0 fully saturated rings. The fraction of sp³-hybridized carbons (Fsp3) is 0.250. The van der Waals surface area contributed by atoms with Crippen LogP contribution in [0.15, 0.2) is 47.1 Å². The number of nitrogens with one attached hydrogen (secondary N) is 2. The number of nitrogens with zero attached hydrogens (tertiary/aromatic N) is 1. The number of aryl methyl sites for hydroxylation is 1. The molecule has 0 atom stereocenters. The van der Waals surface area contributed by atoms with Gasteiger partial charge in [0.05, 0.1) is 17.3 Å². The molecule has 0 saturated carbocycles. The first-order valence-electron chi connectivity index (χ1n) is 10.5. The van der Waals surface area contributed by atoms with Crippen LogP contribution in [0.4, 0.5) is 9.39 Å². The first kappa shape index (κ1) is 20.5. The molecule has 3 aromatic heterocycles. The molecule has 8 heteroatoms. The summed E-state index contributed by atoms with van der Waals surface area (Å²) in [6.07, 6.45) is 5.44. The van der Waals surface area contributed by atoms with Gasteiger partial charge in [-0.3, -0.25) is 9.59 Å². The van der Waals surface area contributed by atoms with Gasteiger partial charge >= 0.3 is 0 Å². The zero-order valence-corrected chi connectivity index (χ0v) is 18.4. The topological polar surface area (TPSA) is 76.3 Å². The second-order valence-corrected chi connectivity index (χ2v) is 8.97. The Bertz CT molecular complexity index is 1330. The predicted molar refractivity (Wildman–Crippen MR) is 122 cm³/mol. The third kappa shape index (κ3) is 3.60. The van der Waals surface area contributed by atoms with E-state index in [1.54, 1.807) is 36.1 Å². The van der Waals surface area contributed by atoms with Crippen molar-refractivity contribution in [2.24, 2.45) is 0 Å². The van der Waals surface area contributed by atoms with Crippen molar-refractivity contribution in [3.05, 3.63) is 75.7 Å². The van der Waals surface area contributed by atoms with Gasteiger partial charge in [-0.2, -0.15) is 0 Å². The molecule has 0 unspecified atom stereocenters. The minimum atomic E-state index is -0.337. The SMILES string of the molecule is CNC(=O)c1c(NC(=O)c2cc3occc3n2Cc2cccc(F)c2)sc2c1CCCC2. The summed E-state index contributed by atoms with van der Waals surface area (Å²) in [5.41, 5.74) is 4.04. The van der Waals surface area contributed by atoms with E-state index in [0.29, 0.717) is 28.4 Å². The Hall–Kier alpha value is -3.39. The molecule has 0 bridgehead atoms. The highest BCUT2D eigenvalue weighted by atomic mass is 32.1. The molecule has 4 aromatic rings. The number of hydrogen-bond donors (Lipinski definition) is 2. The first-order chi connectivity index (χ1) is 15.5. The molecule has 2 N–H and O–H groups in total. The van der Waals surface area contributed by atoms with Crippen LogP contribution in [-0.2, 0) is 19.4 Å². The predicted octanol–water partition coefficient (Wildman–Crippen LogP) is 4.97. The molecule has 5 rings (SSSR count). The normalized spacial score (nSPS) is 13.2. The highest BCUT2D eigenvalue weighted by Gasteiger charge is 2.27. The van der Waals surface area contributed by atoms with Crippen LogP contribution in [0.2, 0.25) is 0 Å². The summed E-state index contributed by atoms with van der Waals surface area (Å²) in [4.78, 5) is 27.1. The summed E-state index contributed by atoms with van der Waals surface area (Å²) in [5.74, 6) is -0.858. The molecule has 32 heavy (non-hydrogen) atoms. The summed E-state index contributed by atoms with van der Waals surface area (Å²) in [5, 5.41) is 6.23. The lowest BCUT2D eigenvalue weighted by Crippen LogP contribution is -2.23. The van der Waals surface area contributed by atoms with E-state index in [1.165, 1.54) is 23.5 Å². The number of carbonyl (C=O) groups is 2. The maximum Gasteiger partial charge on any atom is 0.273 e. The van der Waals surface area contributed by atoms with Gasteiger partial charge in [-0.05, 0) is 48.9 Å². The molecule has 6 nitrogen and oxygen atoms in total. The Morgan fingerprint density at radius 1 is 1.16 bits per heavy atom. The van der Waals surface area contributed by atoms with Crippen LogP contribution < -0.4 is 10.6 Å². The fourth-order valence-electron chi connectivity index (χ4n) is 4.34. The quantitative estimate of drug-likeness (QED) is 0.450. The second-order valence-electron chi connectivity index (χ2n) is 7.86. The van der Waals surface area contributed by atoms with Crippen LogP contribution in [0.25, 0.3) is 11.1 Å². The molecular weight excluding hydrogens is 429 g/mol. The Kier molecular flexibility index (Phi) is 5.30. The second kappa shape index (κ2) is 8.27. The zero-order chi connectivity index (χ0) is 22.2. The van der Waals surface area contributed by atoms with E-state index in [1.807, 2.05) is 6.07 Å². The lowest BCUT2D eigenvalue weighted by atomic mass is 9.95. The lowest BCUT2D eigenvalue weighted by Gasteiger charge is -2.13. The maximum atomic E-state index is 13.7. The smallest absolute Gasteiger partial charge is 0.273 e. The summed E-state index contributed by atoms with van der Waals surface area (Å²) < 4.78 is 21.0. The van der Waals surface area contributed by atoms with E-state index >= 15 is 0 Å². The summed E-state index contributed by atoms with van der Waals surface area (Å²) in [6.45, 7) is 0.312. The minimum Gasteiger partial charge on any atom is -0.463 e. The average Bonchev–Trinajstić information content (AvgIpc) is 3.47. The average molecular weight is 452 g/mol. The van der Waals surface area contributed by atoms with Crippen molar-refractivity contribution in [2.45, 2.75) is 32.2 Å². The molecule has 3 heterocycles. The lowest BCUT2D eigenvalue weighted by molar-refractivity contribution is 0.0963. The van der Waals surface area contributed by atoms with Crippen molar-refractivity contribution in [1.29, 1.82) is 0 Å². The van der Waals surface area contributed by atoms with Gasteiger partial charge in [0.2, 0.25) is 0 Å². The van der Waals surface area contributed by atoms with Crippen molar-refractivity contribution >= 4 is 39.3 Å². The number of carbonyl (C=O) groups excluding carboxylic acids is 2. The highest BCUT2D eigenvalue weighted by molar-refractivity contribution is 7.17. The van der Waals surface area contributed by atoms with Gasteiger partial charge in [-0.1, -0.05) is 12.1 Å². The van der Waals surface area contributed by atoms with E-state index in [0.717, 1.165) is 47.2 Å². The third-order valence-corrected chi connectivity index (χ3v) is 7.04. The van der Waals surface area contributed by atoms with Crippen LogP contribution in [0.1, 0.15) is 49.7 Å². The molecule has 164 valence electrons. The van der Waals surface area contributed by atoms with Gasteiger partial charge < -0.3 is 19.6 Å². The van der Waals surface area contributed by atoms with Crippen molar-refractivity contribution < 1.29 is 18.4 Å². The van der Waals surface area contributed by atoms with Crippen molar-refractivity contribution in [1.82, 2.24) is 9.88 Å². The molecule has 0 saturated heterocycles. The maximum absolute atomic E-state index is 13.7. The Balaban J connectivity index is 1.52. The van der Waals surface area contributed by atoms with Gasteiger partial charge in [0.25, 0.3) is 11.8 Å². The summed E-state index contributed by atoms with van der Waals surface area (Å²) in [6, 6.07) is 9.76. The number of benzene rings is 1. The number of hydrogen-bond acceptors (Lipinski definition) is 4. The Morgan fingerprint density at radius 3 is 2.81 bits per heavy atom. The van der Waals surface area contributed by atoms with E-state index in [-0.39, 0.29) is 17.6 Å². The number of aromatic nitrogens is 1. The standard InChI is InChI=1S/C24H22FN3O3S/c1-26-23(30)21-16-7-2-3-8-20(16)32-24(21)27-22(29)18-12-19-17(9-10-31-19)28(18)13-14-5-4-6-15(25)11-14/h4-6,9-12H,2-3,7-8,13H2,1H3,(H,26,30)(H,27,29). The summed E-state index contributed by atoms with van der Waals surface area (Å²) in [7, 11) is 1.60. The number of anilines is 1. The zero-order valence-electron chi connectivity index (χ0n) is 17.5. The van der Waals surface area contributed by atoms with Gasteiger partial charge in [0.15, 0.2) is 5.58 Å². The van der Waals surface area contributed by atoms with Crippen molar-refractivity contribution in [3.8, 4) is 0 Å². The van der Waals surface area contributed by atoms with Crippen LogP contribution >= 0.6 is 11.3 Å². The number of halogens is 1. The van der Waals surface area contributed by atoms with Crippen LogP contribution in [0, 0.1) is 5.82 Å². The number of amides is 2. The molecule has 0 spiro atoms. The molecule has 2 amide bonds. The van der Waals surface area contributed by atoms with Gasteiger partial charge in [0, 0.05) is 30.6 Å². The van der Waals surface area contributed by atoms with Crippen molar-refractivity contribution in [2.75, 3.05) is 12.4 Å². The Labute approximate surface area is 188 Å². The molecule has 1 aliphatic carbocycles. The third-order valence-electron chi connectivity index (χ3n) is 5.84. The number of fused-ring (bicyclic) bond motifs is 2. The Morgan fingerprint density at radius 2 is 2.00 bits per heavy atom. The molecule has 1 aliphatic rings. The van der Waals surface area contributed by atoms with E-state index < -0.39 is 0 Å². The molecular formula is C24H22FN3O3S. The fourth-order valence-corrected chi connectivity index (χ4v) is 5.62. The van der Waals surface area contributed by atoms with Crippen LogP contribution in [0.3, 0.4) is 0 Å². The van der Waals surface area contributed by atoms with E-state index in [4.69, 9.17) is 4.42 Å². The van der Waals surface area contributed by atoms with Gasteiger partial charge in [-0.25, -0.2) is 4.39 Å². The van der Waals surface area contributed by atoms with E-state index in [2.05, 4.69) is 10.6 Å². The number of furan rings is 1. The van der Waals surface area contributed by atoms with Crippen LogP contribution in [0.5, 0.6) is 0 Å². The molecule has 0 aliphatic heterocycles. The van der Waals surface area contributed by atoms with Gasteiger partial charge in [-0.15, -0.1) is 11.3 Å². The largest absolute Gasteiger partial charge is 0.463 e. The molecule has 0 radical (unpaired) electrons. The van der Waals surface area contributed by atoms with E-state index in [9.17, 15) is 14.0 Å².